The molecule has 0 unspecified atom stereocenters. The molecule has 0 radical (unpaired) electrons. The molecule has 1 heterocycles. The molecule has 1 N–H and O–H groups in total. The van der Waals surface area contributed by atoms with Crippen LogP contribution in [-0.4, -0.2) is 35.2 Å². The fourth-order valence-electron chi connectivity index (χ4n) is 3.10. The molecule has 5 heteroatoms. The molecule has 1 aliphatic heterocycles. The zero-order valence-corrected chi connectivity index (χ0v) is 12.8. The highest BCUT2D eigenvalue weighted by molar-refractivity contribution is 6.05. The van der Waals surface area contributed by atoms with Crippen LogP contribution in [-0.2, 0) is 14.4 Å². The Labute approximate surface area is 125 Å². The minimum Gasteiger partial charge on any atom is -0.353 e. The van der Waals surface area contributed by atoms with Gasteiger partial charge in [-0.05, 0) is 25.7 Å². The third-order valence-electron chi connectivity index (χ3n) is 4.51. The van der Waals surface area contributed by atoms with Crippen molar-refractivity contribution in [2.45, 2.75) is 52.0 Å². The van der Waals surface area contributed by atoms with E-state index in [0.717, 1.165) is 12.8 Å². The zero-order valence-electron chi connectivity index (χ0n) is 12.8. The molecule has 21 heavy (non-hydrogen) atoms. The van der Waals surface area contributed by atoms with Crippen molar-refractivity contribution in [3.63, 3.8) is 0 Å². The van der Waals surface area contributed by atoms with E-state index >= 15 is 0 Å². The van der Waals surface area contributed by atoms with E-state index in [1.807, 2.05) is 26.0 Å². The summed E-state index contributed by atoms with van der Waals surface area (Å²) in [6.07, 6.45) is 7.20. The molecule has 0 aromatic heterocycles. The van der Waals surface area contributed by atoms with Crippen molar-refractivity contribution >= 4 is 17.7 Å². The molecule has 2 atom stereocenters. The van der Waals surface area contributed by atoms with Crippen molar-refractivity contribution in [3.8, 4) is 0 Å². The molecular weight excluding hydrogens is 268 g/mol. The summed E-state index contributed by atoms with van der Waals surface area (Å²) < 4.78 is 0. The topological polar surface area (TPSA) is 66.5 Å². The highest BCUT2D eigenvalue weighted by Crippen LogP contribution is 2.34. The first-order valence-electron chi connectivity index (χ1n) is 7.88. The molecule has 3 amide bonds. The lowest BCUT2D eigenvalue weighted by Crippen LogP contribution is -2.38. The van der Waals surface area contributed by atoms with Crippen molar-refractivity contribution in [1.82, 2.24) is 10.2 Å². The summed E-state index contributed by atoms with van der Waals surface area (Å²) in [6.45, 7) is 4.26. The summed E-state index contributed by atoms with van der Waals surface area (Å²) in [5, 5.41) is 2.93. The van der Waals surface area contributed by atoms with Gasteiger partial charge < -0.3 is 5.32 Å². The van der Waals surface area contributed by atoms with Crippen LogP contribution in [0.2, 0.25) is 0 Å². The van der Waals surface area contributed by atoms with Gasteiger partial charge in [0.2, 0.25) is 17.7 Å². The van der Waals surface area contributed by atoms with E-state index in [4.69, 9.17) is 0 Å². The van der Waals surface area contributed by atoms with Crippen molar-refractivity contribution in [2.75, 3.05) is 6.54 Å². The van der Waals surface area contributed by atoms with Crippen LogP contribution in [0.15, 0.2) is 12.2 Å². The third-order valence-corrected chi connectivity index (χ3v) is 4.51. The van der Waals surface area contributed by atoms with E-state index in [9.17, 15) is 14.4 Å². The Kier molecular flexibility index (Phi) is 5.15. The summed E-state index contributed by atoms with van der Waals surface area (Å²) in [7, 11) is 0. The lowest BCUT2D eigenvalue weighted by Gasteiger charge is -2.17. The van der Waals surface area contributed by atoms with Crippen molar-refractivity contribution < 1.29 is 14.4 Å². The Balaban J connectivity index is 1.87. The van der Waals surface area contributed by atoms with E-state index in [2.05, 4.69) is 5.32 Å². The molecule has 1 saturated heterocycles. The van der Waals surface area contributed by atoms with E-state index in [-0.39, 0.29) is 48.6 Å². The smallest absolute Gasteiger partial charge is 0.233 e. The van der Waals surface area contributed by atoms with Crippen LogP contribution >= 0.6 is 0 Å². The van der Waals surface area contributed by atoms with Crippen LogP contribution in [0.1, 0.15) is 46.0 Å². The average Bonchev–Trinajstić information content (AvgIpc) is 2.75. The van der Waals surface area contributed by atoms with Crippen LogP contribution in [0.25, 0.3) is 0 Å². The van der Waals surface area contributed by atoms with Crippen LogP contribution in [0, 0.1) is 11.8 Å². The van der Waals surface area contributed by atoms with Gasteiger partial charge in [-0.15, -0.1) is 0 Å². The standard InChI is InChI=1S/C16H24N2O3/c1-3-11(4-2)17-14(19)9-10-18-15(20)12-7-5-6-8-13(12)16(18)21/h5-6,11-13H,3-4,7-10H2,1-2H3,(H,17,19)/t12-,13+. The van der Waals surface area contributed by atoms with Crippen molar-refractivity contribution in [3.05, 3.63) is 12.2 Å². The summed E-state index contributed by atoms with van der Waals surface area (Å²) in [5.41, 5.74) is 0. The molecule has 116 valence electrons. The number of amides is 3. The van der Waals surface area contributed by atoms with Gasteiger partial charge in [-0.3, -0.25) is 19.3 Å². The van der Waals surface area contributed by atoms with Gasteiger partial charge in [-0.2, -0.15) is 0 Å². The third kappa shape index (κ3) is 3.34. The number of carbonyl (C=O) groups is 3. The lowest BCUT2D eigenvalue weighted by molar-refractivity contribution is -0.140. The van der Waals surface area contributed by atoms with E-state index in [0.29, 0.717) is 12.8 Å². The number of carbonyl (C=O) groups excluding carboxylic acids is 3. The Morgan fingerprint density at radius 1 is 1.19 bits per heavy atom. The maximum absolute atomic E-state index is 12.2. The fourth-order valence-corrected chi connectivity index (χ4v) is 3.10. The largest absolute Gasteiger partial charge is 0.353 e. The highest BCUT2D eigenvalue weighted by atomic mass is 16.2. The Bertz CT molecular complexity index is 428. The quantitative estimate of drug-likeness (QED) is 0.598. The Morgan fingerprint density at radius 2 is 1.71 bits per heavy atom. The van der Waals surface area contributed by atoms with Gasteiger partial charge in [0, 0.05) is 19.0 Å². The number of fused-ring (bicyclic) bond motifs is 1. The molecule has 2 aliphatic rings. The zero-order chi connectivity index (χ0) is 15.4. The van der Waals surface area contributed by atoms with Gasteiger partial charge in [-0.25, -0.2) is 0 Å². The molecule has 0 bridgehead atoms. The molecule has 0 spiro atoms. The molecule has 5 nitrogen and oxygen atoms in total. The molecular formula is C16H24N2O3. The van der Waals surface area contributed by atoms with E-state index in [1.54, 1.807) is 0 Å². The summed E-state index contributed by atoms with van der Waals surface area (Å²) >= 11 is 0. The van der Waals surface area contributed by atoms with Crippen LogP contribution in [0.3, 0.4) is 0 Å². The summed E-state index contributed by atoms with van der Waals surface area (Å²) in [5.74, 6) is -0.708. The fraction of sp³-hybridized carbons (Fsp3) is 0.688. The number of rotatable bonds is 6. The normalized spacial score (nSPS) is 24.6. The van der Waals surface area contributed by atoms with Crippen LogP contribution in [0.4, 0.5) is 0 Å². The highest BCUT2D eigenvalue weighted by Gasteiger charge is 2.46. The number of hydrogen-bond donors (Lipinski definition) is 1. The van der Waals surface area contributed by atoms with Gasteiger partial charge in [0.05, 0.1) is 11.8 Å². The van der Waals surface area contributed by atoms with Crippen LogP contribution < -0.4 is 5.32 Å². The van der Waals surface area contributed by atoms with Gasteiger partial charge in [-0.1, -0.05) is 26.0 Å². The molecule has 0 aromatic carbocycles. The monoisotopic (exact) mass is 292 g/mol. The van der Waals surface area contributed by atoms with Crippen molar-refractivity contribution in [2.24, 2.45) is 11.8 Å². The summed E-state index contributed by atoms with van der Waals surface area (Å²) in [4.78, 5) is 37.6. The second-order valence-electron chi connectivity index (χ2n) is 5.81. The Hall–Kier alpha value is -1.65. The first kappa shape index (κ1) is 15.7. The lowest BCUT2D eigenvalue weighted by atomic mass is 9.85. The average molecular weight is 292 g/mol. The number of nitrogens with one attached hydrogen (secondary N) is 1. The van der Waals surface area contributed by atoms with E-state index < -0.39 is 0 Å². The predicted octanol–water partition coefficient (Wildman–Crippen LogP) is 1.63. The maximum Gasteiger partial charge on any atom is 0.233 e. The van der Waals surface area contributed by atoms with Gasteiger partial charge in [0.25, 0.3) is 0 Å². The number of hydrogen-bond acceptors (Lipinski definition) is 3. The minimum absolute atomic E-state index is 0.0858. The minimum atomic E-state index is -0.204. The Morgan fingerprint density at radius 3 is 2.19 bits per heavy atom. The number of allylic oxidation sites excluding steroid dienone is 2. The molecule has 1 aliphatic carbocycles. The van der Waals surface area contributed by atoms with Crippen molar-refractivity contribution in [1.29, 1.82) is 0 Å². The van der Waals surface area contributed by atoms with Crippen LogP contribution in [0.5, 0.6) is 0 Å². The maximum atomic E-state index is 12.2. The first-order valence-corrected chi connectivity index (χ1v) is 7.88. The predicted molar refractivity (Wildman–Crippen MR) is 79.2 cm³/mol. The second kappa shape index (κ2) is 6.87. The SMILES string of the molecule is CCC(CC)NC(=O)CCN1C(=O)[C@H]2CC=CC[C@H]2C1=O. The molecule has 2 rings (SSSR count). The number of imide groups is 1. The number of nitrogens with zero attached hydrogens (tertiary/aromatic N) is 1. The van der Waals surface area contributed by atoms with Gasteiger partial charge >= 0.3 is 0 Å². The molecule has 1 fully saturated rings. The molecule has 0 aromatic rings. The number of likely N-dealkylation sites (tertiary alicyclic amines) is 1. The van der Waals surface area contributed by atoms with Gasteiger partial charge in [0.1, 0.15) is 0 Å². The molecule has 0 saturated carbocycles. The second-order valence-corrected chi connectivity index (χ2v) is 5.81. The van der Waals surface area contributed by atoms with E-state index in [1.165, 1.54) is 4.90 Å². The summed E-state index contributed by atoms with van der Waals surface area (Å²) in [6, 6.07) is 0.175. The first-order chi connectivity index (χ1) is 10.1. The van der Waals surface area contributed by atoms with Gasteiger partial charge in [0.15, 0.2) is 0 Å².